The van der Waals surface area contributed by atoms with Crippen molar-refractivity contribution in [1.82, 2.24) is 5.32 Å². The standard InChI is InChI=1S/C19H20F3NO5S/c1-11-8-13(29(3,26)27)9-15(12(11)2)18(25)23-16(10-24)14-6-4-5-7-17(14)28-19(20,21)22/h4-9,16,24H,10H2,1-3H3,(H,23,25). The molecule has 1 unspecified atom stereocenters. The Hall–Kier alpha value is -2.59. The molecule has 2 aromatic carbocycles. The molecule has 6 nitrogen and oxygen atoms in total. The summed E-state index contributed by atoms with van der Waals surface area (Å²) in [5, 5.41) is 12.1. The molecule has 0 heterocycles. The van der Waals surface area contributed by atoms with Gasteiger partial charge in [0.2, 0.25) is 0 Å². The molecule has 1 atom stereocenters. The number of carbonyl (C=O) groups is 1. The highest BCUT2D eigenvalue weighted by atomic mass is 32.2. The van der Waals surface area contributed by atoms with Crippen molar-refractivity contribution >= 4 is 15.7 Å². The van der Waals surface area contributed by atoms with Gasteiger partial charge in [-0.15, -0.1) is 13.2 Å². The summed E-state index contributed by atoms with van der Waals surface area (Å²) in [4.78, 5) is 12.7. The van der Waals surface area contributed by atoms with Crippen LogP contribution in [0.15, 0.2) is 41.3 Å². The largest absolute Gasteiger partial charge is 0.573 e. The number of alkyl halides is 3. The number of amides is 1. The van der Waals surface area contributed by atoms with E-state index in [0.717, 1.165) is 12.3 Å². The second-order valence-electron chi connectivity index (χ2n) is 6.48. The molecule has 2 aromatic rings. The number of rotatable bonds is 6. The molecular formula is C19H20F3NO5S. The van der Waals surface area contributed by atoms with Crippen LogP contribution in [0.3, 0.4) is 0 Å². The number of hydrogen-bond donors (Lipinski definition) is 2. The quantitative estimate of drug-likeness (QED) is 0.733. The van der Waals surface area contributed by atoms with Gasteiger partial charge in [-0.25, -0.2) is 8.42 Å². The smallest absolute Gasteiger partial charge is 0.405 e. The predicted octanol–water partition coefficient (Wildman–Crippen LogP) is 3.07. The third-order valence-corrected chi connectivity index (χ3v) is 5.41. The fourth-order valence-corrected chi connectivity index (χ4v) is 3.44. The van der Waals surface area contributed by atoms with E-state index in [2.05, 4.69) is 10.1 Å². The molecule has 0 saturated carbocycles. The van der Waals surface area contributed by atoms with Gasteiger partial charge in [-0.3, -0.25) is 4.79 Å². The van der Waals surface area contributed by atoms with E-state index < -0.39 is 40.5 Å². The Bertz CT molecular complexity index is 1020. The summed E-state index contributed by atoms with van der Waals surface area (Å²) in [6, 6.07) is 6.53. The van der Waals surface area contributed by atoms with Gasteiger partial charge in [-0.2, -0.15) is 0 Å². The fourth-order valence-electron chi connectivity index (χ4n) is 2.72. The van der Waals surface area contributed by atoms with E-state index >= 15 is 0 Å². The van der Waals surface area contributed by atoms with E-state index in [0.29, 0.717) is 11.1 Å². The minimum atomic E-state index is -4.95. The maximum Gasteiger partial charge on any atom is 0.573 e. The van der Waals surface area contributed by atoms with Crippen LogP contribution in [0.1, 0.15) is 33.1 Å². The van der Waals surface area contributed by atoms with Gasteiger partial charge in [0.15, 0.2) is 9.84 Å². The second-order valence-corrected chi connectivity index (χ2v) is 8.49. The van der Waals surface area contributed by atoms with Crippen molar-refractivity contribution in [2.75, 3.05) is 12.9 Å². The average molecular weight is 431 g/mol. The Labute approximate surface area is 166 Å². The number of aliphatic hydroxyl groups excluding tert-OH is 1. The number of aryl methyl sites for hydroxylation is 1. The molecule has 29 heavy (non-hydrogen) atoms. The summed E-state index contributed by atoms with van der Waals surface area (Å²) in [5.74, 6) is -1.30. The van der Waals surface area contributed by atoms with Crippen molar-refractivity contribution in [2.45, 2.75) is 31.1 Å². The maximum atomic E-state index is 12.8. The summed E-state index contributed by atoms with van der Waals surface area (Å²) < 4.78 is 65.6. The monoisotopic (exact) mass is 431 g/mol. The topological polar surface area (TPSA) is 92.7 Å². The molecule has 0 spiro atoms. The normalized spacial score (nSPS) is 13.1. The summed E-state index contributed by atoms with van der Waals surface area (Å²) in [6.07, 6.45) is -3.95. The Kier molecular flexibility index (Phi) is 6.59. The molecule has 2 N–H and O–H groups in total. The van der Waals surface area contributed by atoms with Gasteiger partial charge in [-0.1, -0.05) is 18.2 Å². The van der Waals surface area contributed by atoms with Crippen molar-refractivity contribution in [3.63, 3.8) is 0 Å². The minimum Gasteiger partial charge on any atom is -0.405 e. The van der Waals surface area contributed by atoms with Crippen LogP contribution in [0.25, 0.3) is 0 Å². The Morgan fingerprint density at radius 1 is 1.21 bits per heavy atom. The molecule has 10 heteroatoms. The molecule has 0 radical (unpaired) electrons. The van der Waals surface area contributed by atoms with E-state index in [1.54, 1.807) is 13.8 Å². The molecule has 0 aliphatic carbocycles. The molecule has 2 rings (SSSR count). The van der Waals surface area contributed by atoms with Crippen LogP contribution in [-0.2, 0) is 9.84 Å². The third-order valence-electron chi connectivity index (χ3n) is 4.32. The lowest BCUT2D eigenvalue weighted by atomic mass is 10.0. The van der Waals surface area contributed by atoms with Crippen molar-refractivity contribution in [3.8, 4) is 5.75 Å². The van der Waals surface area contributed by atoms with Gasteiger partial charge >= 0.3 is 6.36 Å². The molecule has 0 aliphatic heterocycles. The van der Waals surface area contributed by atoms with E-state index in [-0.39, 0.29) is 16.0 Å². The number of benzene rings is 2. The number of hydrogen-bond acceptors (Lipinski definition) is 5. The molecule has 0 saturated heterocycles. The van der Waals surface area contributed by atoms with Crippen LogP contribution in [-0.4, -0.2) is 38.7 Å². The van der Waals surface area contributed by atoms with E-state index in [9.17, 15) is 31.5 Å². The van der Waals surface area contributed by atoms with Gasteiger partial charge in [0.05, 0.1) is 17.5 Å². The highest BCUT2D eigenvalue weighted by molar-refractivity contribution is 7.90. The first-order valence-corrected chi connectivity index (χ1v) is 10.3. The first-order valence-electron chi connectivity index (χ1n) is 8.41. The summed E-state index contributed by atoms with van der Waals surface area (Å²) in [7, 11) is -3.59. The second kappa shape index (κ2) is 8.42. The zero-order valence-electron chi connectivity index (χ0n) is 15.9. The molecule has 1 amide bonds. The molecule has 0 fully saturated rings. The lowest BCUT2D eigenvalue weighted by Gasteiger charge is -2.21. The molecular weight excluding hydrogens is 411 g/mol. The van der Waals surface area contributed by atoms with Gasteiger partial charge in [0.25, 0.3) is 5.91 Å². The van der Waals surface area contributed by atoms with Crippen LogP contribution >= 0.6 is 0 Å². The van der Waals surface area contributed by atoms with Gasteiger partial charge in [-0.05, 0) is 43.2 Å². The van der Waals surface area contributed by atoms with E-state index in [1.807, 2.05) is 0 Å². The number of para-hydroxylation sites is 1. The number of ether oxygens (including phenoxy) is 1. The summed E-state index contributed by atoms with van der Waals surface area (Å²) in [5.41, 5.74) is 1.03. The van der Waals surface area contributed by atoms with Crippen LogP contribution < -0.4 is 10.1 Å². The van der Waals surface area contributed by atoms with Gasteiger partial charge in [0, 0.05) is 17.4 Å². The zero-order valence-corrected chi connectivity index (χ0v) is 16.7. The Morgan fingerprint density at radius 2 is 1.83 bits per heavy atom. The van der Waals surface area contributed by atoms with Gasteiger partial charge < -0.3 is 15.2 Å². The van der Waals surface area contributed by atoms with E-state index in [4.69, 9.17) is 0 Å². The highest BCUT2D eigenvalue weighted by Crippen LogP contribution is 2.30. The SMILES string of the molecule is Cc1cc(S(C)(=O)=O)cc(C(=O)NC(CO)c2ccccc2OC(F)(F)F)c1C. The lowest BCUT2D eigenvalue weighted by molar-refractivity contribution is -0.275. The number of nitrogens with one attached hydrogen (secondary N) is 1. The number of halogens is 3. The average Bonchev–Trinajstić information content (AvgIpc) is 2.60. The lowest BCUT2D eigenvalue weighted by Crippen LogP contribution is -2.32. The molecule has 0 aliphatic rings. The highest BCUT2D eigenvalue weighted by Gasteiger charge is 2.33. The molecule has 0 aromatic heterocycles. The van der Waals surface area contributed by atoms with Crippen LogP contribution in [0.5, 0.6) is 5.75 Å². The Morgan fingerprint density at radius 3 is 2.38 bits per heavy atom. The van der Waals surface area contributed by atoms with Gasteiger partial charge in [0.1, 0.15) is 5.75 Å². The zero-order chi connectivity index (χ0) is 22.0. The number of carbonyl (C=O) groups excluding carboxylic acids is 1. The fraction of sp³-hybridized carbons (Fsp3) is 0.316. The predicted molar refractivity (Wildman–Crippen MR) is 99.4 cm³/mol. The minimum absolute atomic E-state index is 0.0399. The van der Waals surface area contributed by atoms with Crippen LogP contribution in [0, 0.1) is 13.8 Å². The van der Waals surface area contributed by atoms with Crippen LogP contribution in [0.2, 0.25) is 0 Å². The summed E-state index contributed by atoms with van der Waals surface area (Å²) in [6.45, 7) is 2.55. The molecule has 0 bridgehead atoms. The van der Waals surface area contributed by atoms with Crippen molar-refractivity contribution in [3.05, 3.63) is 58.7 Å². The number of sulfone groups is 1. The van der Waals surface area contributed by atoms with Crippen molar-refractivity contribution in [2.24, 2.45) is 0 Å². The number of aliphatic hydroxyl groups is 1. The first kappa shape index (κ1) is 22.7. The van der Waals surface area contributed by atoms with E-state index in [1.165, 1.54) is 30.3 Å². The van der Waals surface area contributed by atoms with Crippen molar-refractivity contribution in [1.29, 1.82) is 0 Å². The van der Waals surface area contributed by atoms with Crippen LogP contribution in [0.4, 0.5) is 13.2 Å². The molecule has 158 valence electrons. The first-order chi connectivity index (χ1) is 13.3. The third kappa shape index (κ3) is 5.70. The maximum absolute atomic E-state index is 12.8. The summed E-state index contributed by atoms with van der Waals surface area (Å²) >= 11 is 0. The van der Waals surface area contributed by atoms with Crippen molar-refractivity contribution < 1.29 is 36.2 Å². The Balaban J connectivity index is 2.41.